The van der Waals surface area contributed by atoms with Crippen LogP contribution in [0.3, 0.4) is 0 Å². The number of aliphatic hydroxyl groups is 2. The number of aryl methyl sites for hydroxylation is 1. The molecule has 5 heterocycles. The number of aromatic nitrogens is 10. The Hall–Kier alpha value is -5.65. The lowest BCUT2D eigenvalue weighted by Crippen LogP contribution is -2.44. The Balaban J connectivity index is 0.00000465. The third-order valence-corrected chi connectivity index (χ3v) is 10.5. The monoisotopic (exact) mass is 768 g/mol. The van der Waals surface area contributed by atoms with Crippen molar-refractivity contribution in [2.24, 2.45) is 0 Å². The zero-order chi connectivity index (χ0) is 37.2. The summed E-state index contributed by atoms with van der Waals surface area (Å²) in [6.07, 6.45) is 4.35. The van der Waals surface area contributed by atoms with Crippen molar-refractivity contribution < 1.29 is 15.0 Å². The lowest BCUT2D eigenvalue weighted by Gasteiger charge is -2.22. The van der Waals surface area contributed by atoms with Gasteiger partial charge in [-0.05, 0) is 36.1 Å². The number of anilines is 2. The molecular weight excluding hydrogens is 724 g/mol. The molecule has 2 unspecified atom stereocenters. The first-order valence-corrected chi connectivity index (χ1v) is 18.4. The number of aromatic amines is 1. The van der Waals surface area contributed by atoms with E-state index in [1.165, 1.54) is 4.80 Å². The van der Waals surface area contributed by atoms with E-state index in [0.29, 0.717) is 67.7 Å². The van der Waals surface area contributed by atoms with Crippen LogP contribution in [0, 0.1) is 0 Å². The van der Waals surface area contributed by atoms with E-state index < -0.39 is 24.3 Å². The van der Waals surface area contributed by atoms with Gasteiger partial charge < -0.3 is 40.6 Å². The number of hydrogen-bond acceptors (Lipinski definition) is 12. The van der Waals surface area contributed by atoms with Crippen molar-refractivity contribution in [2.45, 2.75) is 75.4 Å². The van der Waals surface area contributed by atoms with Crippen LogP contribution in [-0.4, -0.2) is 104 Å². The zero-order valence-electron chi connectivity index (χ0n) is 30.5. The second-order valence-corrected chi connectivity index (χ2v) is 13.9. The van der Waals surface area contributed by atoms with Crippen molar-refractivity contribution in [1.82, 2.24) is 60.3 Å². The van der Waals surface area contributed by atoms with Crippen molar-refractivity contribution in [1.29, 1.82) is 0 Å². The van der Waals surface area contributed by atoms with Gasteiger partial charge in [-0.15, -0.1) is 22.6 Å². The van der Waals surface area contributed by atoms with Gasteiger partial charge in [-0.2, -0.15) is 14.8 Å². The third-order valence-electron chi connectivity index (χ3n) is 10.5. The first-order valence-electron chi connectivity index (χ1n) is 18.4. The largest absolute Gasteiger partial charge is 0.388 e. The second-order valence-electron chi connectivity index (χ2n) is 13.9. The molecule has 0 bridgehead atoms. The zero-order valence-corrected chi connectivity index (χ0v) is 31.3. The predicted octanol–water partition coefficient (Wildman–Crippen LogP) is 3.31. The summed E-state index contributed by atoms with van der Waals surface area (Å²) >= 11 is 0. The Morgan fingerprint density at radius 3 is 2.40 bits per heavy atom. The third kappa shape index (κ3) is 7.81. The topological polar surface area (TPSA) is 213 Å². The number of carbonyl (C=O) groups excluding carboxylic acids is 1. The van der Waals surface area contributed by atoms with Crippen LogP contribution in [0.4, 0.5) is 16.6 Å². The minimum atomic E-state index is -1.14. The molecule has 1 saturated heterocycles. The van der Waals surface area contributed by atoms with E-state index in [2.05, 4.69) is 65.6 Å². The fraction of sp³-hybridized carbons (Fsp3) is 0.405. The number of benzene rings is 2. The fourth-order valence-corrected chi connectivity index (χ4v) is 7.50. The molecule has 2 aromatic carbocycles. The van der Waals surface area contributed by atoms with E-state index in [1.54, 1.807) is 18.9 Å². The van der Waals surface area contributed by atoms with Gasteiger partial charge in [0, 0.05) is 44.2 Å². The van der Waals surface area contributed by atoms with Crippen molar-refractivity contribution in [3.8, 4) is 0 Å². The van der Waals surface area contributed by atoms with Gasteiger partial charge in [0.1, 0.15) is 18.2 Å². The minimum absolute atomic E-state index is 0. The number of nitrogens with zero attached hydrogens (tertiary/aromatic N) is 10. The van der Waals surface area contributed by atoms with Gasteiger partial charge in [0.05, 0.1) is 30.4 Å². The van der Waals surface area contributed by atoms with Crippen LogP contribution < -0.4 is 20.9 Å². The van der Waals surface area contributed by atoms with Crippen LogP contribution in [0.2, 0.25) is 0 Å². The molecule has 2 aliphatic rings. The van der Waals surface area contributed by atoms with E-state index in [0.717, 1.165) is 16.8 Å². The summed E-state index contributed by atoms with van der Waals surface area (Å²) in [7, 11) is 0. The van der Waals surface area contributed by atoms with Gasteiger partial charge in [0.25, 0.3) is 0 Å². The second kappa shape index (κ2) is 16.4. The number of rotatable bonds is 12. The number of hydrogen-bond donors (Lipinski definition) is 6. The maximum absolute atomic E-state index is 12.9. The Bertz CT molecular complexity index is 2130. The summed E-state index contributed by atoms with van der Waals surface area (Å²) in [6, 6.07) is 18.8. The quantitative estimate of drug-likeness (QED) is 0.106. The van der Waals surface area contributed by atoms with Crippen molar-refractivity contribution in [3.05, 3.63) is 102 Å². The molecule has 6 atom stereocenters. The molecule has 6 aromatic rings. The maximum atomic E-state index is 12.9. The summed E-state index contributed by atoms with van der Waals surface area (Å²) < 4.78 is 1.82. The summed E-state index contributed by atoms with van der Waals surface area (Å²) in [5, 5.41) is 44.9. The van der Waals surface area contributed by atoms with Gasteiger partial charge in [0.2, 0.25) is 5.95 Å². The Morgan fingerprint density at radius 2 is 1.73 bits per heavy atom. The Kier molecular flexibility index (Phi) is 11.2. The van der Waals surface area contributed by atoms with Crippen LogP contribution in [-0.2, 0) is 6.42 Å². The fourth-order valence-electron chi connectivity index (χ4n) is 7.50. The van der Waals surface area contributed by atoms with Crippen LogP contribution in [0.5, 0.6) is 0 Å². The Labute approximate surface area is 323 Å². The normalized spacial score (nSPS) is 21.5. The first kappa shape index (κ1) is 37.7. The molecule has 0 radical (unpaired) electrons. The van der Waals surface area contributed by atoms with E-state index >= 15 is 0 Å². The van der Waals surface area contributed by atoms with Gasteiger partial charge in [-0.1, -0.05) is 67.6 Å². The lowest BCUT2D eigenvalue weighted by atomic mass is 9.91. The van der Waals surface area contributed by atoms with Crippen molar-refractivity contribution >= 4 is 41.4 Å². The van der Waals surface area contributed by atoms with Crippen molar-refractivity contribution in [2.75, 3.05) is 29.9 Å². The number of nitrogens with one attached hydrogen (secondary N) is 4. The van der Waals surface area contributed by atoms with Gasteiger partial charge in [-0.25, -0.2) is 14.8 Å². The molecule has 1 aliphatic carbocycles. The van der Waals surface area contributed by atoms with E-state index in [-0.39, 0.29) is 36.4 Å². The van der Waals surface area contributed by atoms with Gasteiger partial charge in [0.15, 0.2) is 22.8 Å². The highest BCUT2D eigenvalue weighted by Crippen LogP contribution is 2.40. The summed E-state index contributed by atoms with van der Waals surface area (Å²) in [5.41, 5.74) is 4.10. The number of urea groups is 1. The number of aliphatic hydroxyl groups excluding tert-OH is 2. The van der Waals surface area contributed by atoms with E-state index in [4.69, 9.17) is 15.0 Å². The summed E-state index contributed by atoms with van der Waals surface area (Å²) in [6.45, 7) is 5.44. The highest BCUT2D eigenvalue weighted by molar-refractivity contribution is 5.85. The molecular formula is C37H45ClN14O3. The molecule has 2 fully saturated rings. The molecule has 1 aliphatic heterocycles. The number of H-pyrrole nitrogens is 1. The molecule has 17 nitrogen and oxygen atoms in total. The van der Waals surface area contributed by atoms with Crippen LogP contribution in [0.15, 0.2) is 79.5 Å². The Morgan fingerprint density at radius 1 is 1.00 bits per heavy atom. The van der Waals surface area contributed by atoms with Crippen LogP contribution in [0.1, 0.15) is 73.4 Å². The lowest BCUT2D eigenvalue weighted by molar-refractivity contribution is 0.00473. The van der Waals surface area contributed by atoms with Crippen LogP contribution in [0.25, 0.3) is 11.2 Å². The SMILES string of the molecule is CCc1nnn([C@H]2C[C@@H](n3cnc4c(NCC(c5ccccc5)c5ccccc5)nc(N5CCC(NC(=O)NC(C)c6c[nH]cn6)C5)nc43)[C@H](O)[C@@H]2O)n1.Cl. The van der Waals surface area contributed by atoms with E-state index in [9.17, 15) is 15.0 Å². The van der Waals surface area contributed by atoms with Gasteiger partial charge >= 0.3 is 6.03 Å². The molecule has 4 aromatic heterocycles. The average molecular weight is 769 g/mol. The molecule has 1 saturated carbocycles. The first-order chi connectivity index (χ1) is 26.4. The number of halogens is 1. The molecule has 55 heavy (non-hydrogen) atoms. The standard InChI is InChI=1S/C37H44N14O3.ClH/c1-3-30-46-48-51(47-30)29-16-28(32(52)33(29)53)50-21-41-31-34(39-17-26(23-10-6-4-7-11-23)24-12-8-5-9-13-24)44-36(45-35(31)50)49-15-14-25(19-49)43-37(54)42-22(2)27-18-38-20-40-27;/h4-13,18,20-22,25-26,28-29,32-33,52-53H,3,14-17,19H2,1-2H3,(H,38,40)(H,39,44,45)(H2,42,43,54);1H/t22?,25?,28-,29+,32+,33-;/m1./s1. The molecule has 6 N–H and O–H groups in total. The number of fused-ring (bicyclic) bond motifs is 1. The maximum Gasteiger partial charge on any atom is 0.315 e. The van der Waals surface area contributed by atoms with Gasteiger partial charge in [-0.3, -0.25) is 0 Å². The summed E-state index contributed by atoms with van der Waals surface area (Å²) in [5.74, 6) is 1.59. The molecule has 2 amide bonds. The average Bonchev–Trinajstić information content (AvgIpc) is 4.05. The van der Waals surface area contributed by atoms with Crippen molar-refractivity contribution in [3.63, 3.8) is 0 Å². The molecule has 288 valence electrons. The number of imidazole rings is 2. The number of carbonyl (C=O) groups is 1. The highest BCUT2D eigenvalue weighted by Gasteiger charge is 2.45. The smallest absolute Gasteiger partial charge is 0.315 e. The molecule has 8 rings (SSSR count). The van der Waals surface area contributed by atoms with E-state index in [1.807, 2.05) is 59.7 Å². The number of amides is 2. The van der Waals surface area contributed by atoms with Crippen LogP contribution >= 0.6 is 12.4 Å². The minimum Gasteiger partial charge on any atom is -0.388 e. The number of tetrazole rings is 1. The highest BCUT2D eigenvalue weighted by atomic mass is 35.5. The summed E-state index contributed by atoms with van der Waals surface area (Å²) in [4.78, 5) is 38.4. The predicted molar refractivity (Wildman–Crippen MR) is 207 cm³/mol. The molecule has 18 heteroatoms. The molecule has 0 spiro atoms.